The highest BCUT2D eigenvalue weighted by molar-refractivity contribution is 5.92. The van der Waals surface area contributed by atoms with Crippen molar-refractivity contribution in [1.29, 1.82) is 0 Å². The molecule has 1 aliphatic rings. The first-order chi connectivity index (χ1) is 17.2. The van der Waals surface area contributed by atoms with Crippen molar-refractivity contribution in [1.82, 2.24) is 10.3 Å². The second-order valence-electron chi connectivity index (χ2n) is 8.27. The van der Waals surface area contributed by atoms with Crippen LogP contribution in [0.25, 0.3) is 10.9 Å². The van der Waals surface area contributed by atoms with Crippen LogP contribution in [0, 0.1) is 0 Å². The van der Waals surface area contributed by atoms with E-state index in [9.17, 15) is 4.79 Å². The Morgan fingerprint density at radius 3 is 2.83 bits per heavy atom. The van der Waals surface area contributed by atoms with E-state index in [0.29, 0.717) is 32.6 Å². The average molecular weight is 481 g/mol. The van der Waals surface area contributed by atoms with E-state index < -0.39 is 6.29 Å². The summed E-state index contributed by atoms with van der Waals surface area (Å²) in [6, 6.07) is 15.9. The molecule has 0 saturated heterocycles. The number of H-pyrrole nitrogens is 1. The van der Waals surface area contributed by atoms with Crippen LogP contribution in [0.1, 0.15) is 23.5 Å². The summed E-state index contributed by atoms with van der Waals surface area (Å²) < 4.78 is 22.3. The summed E-state index contributed by atoms with van der Waals surface area (Å²) in [6.45, 7) is 1.34. The standard InChI is InChI=1S/C27H32N2O6/c1-32-22-7-8-24-23(17-22)20(18-29-24)9-10-28-27(31)25-15-21(19-5-3-2-4-6-19)16-26(35-25)34-14-13-33-12-11-30/h2-8,15,17-18,21,26,29-30H,9-14,16H2,1H3,(H,28,31)/t21-,26+/m0/s1. The number of nitrogens with one attached hydrogen (secondary N) is 2. The van der Waals surface area contributed by atoms with Gasteiger partial charge in [0.1, 0.15) is 5.75 Å². The topological polar surface area (TPSA) is 102 Å². The smallest absolute Gasteiger partial charge is 0.286 e. The largest absolute Gasteiger partial charge is 0.497 e. The molecule has 8 nitrogen and oxygen atoms in total. The molecule has 2 atom stereocenters. The van der Waals surface area contributed by atoms with Gasteiger partial charge in [0.25, 0.3) is 5.91 Å². The monoisotopic (exact) mass is 480 g/mol. The maximum atomic E-state index is 13.0. The minimum Gasteiger partial charge on any atom is -0.497 e. The van der Waals surface area contributed by atoms with Crippen LogP contribution in [0.3, 0.4) is 0 Å². The molecule has 1 amide bonds. The highest BCUT2D eigenvalue weighted by atomic mass is 16.7. The highest BCUT2D eigenvalue weighted by Crippen LogP contribution is 2.31. The van der Waals surface area contributed by atoms with Crippen molar-refractivity contribution in [3.05, 3.63) is 77.7 Å². The number of hydrogen-bond acceptors (Lipinski definition) is 6. The Kier molecular flexibility index (Phi) is 8.78. The van der Waals surface area contributed by atoms with Gasteiger partial charge in [-0.2, -0.15) is 0 Å². The number of aromatic nitrogens is 1. The molecule has 0 unspecified atom stereocenters. The third-order valence-electron chi connectivity index (χ3n) is 5.93. The molecule has 35 heavy (non-hydrogen) atoms. The number of rotatable bonds is 12. The Morgan fingerprint density at radius 2 is 2.03 bits per heavy atom. The van der Waals surface area contributed by atoms with Crippen LogP contribution in [-0.2, 0) is 25.4 Å². The lowest BCUT2D eigenvalue weighted by molar-refractivity contribution is -0.151. The van der Waals surface area contributed by atoms with Gasteiger partial charge < -0.3 is 34.4 Å². The summed E-state index contributed by atoms with van der Waals surface area (Å²) in [7, 11) is 1.65. The molecule has 2 aromatic carbocycles. The first kappa shape index (κ1) is 24.8. The van der Waals surface area contributed by atoms with Gasteiger partial charge in [0.15, 0.2) is 5.76 Å². The molecule has 0 aliphatic carbocycles. The van der Waals surface area contributed by atoms with Crippen LogP contribution in [0.4, 0.5) is 0 Å². The molecule has 2 heterocycles. The average Bonchev–Trinajstić information content (AvgIpc) is 3.31. The molecule has 0 radical (unpaired) electrons. The molecule has 0 saturated carbocycles. The number of benzene rings is 2. The van der Waals surface area contributed by atoms with Crippen molar-refractivity contribution in [2.75, 3.05) is 40.1 Å². The fourth-order valence-electron chi connectivity index (χ4n) is 4.15. The molecule has 3 N–H and O–H groups in total. The van der Waals surface area contributed by atoms with Gasteiger partial charge in [-0.25, -0.2) is 0 Å². The van der Waals surface area contributed by atoms with Crippen LogP contribution < -0.4 is 10.1 Å². The number of aromatic amines is 1. The van der Waals surface area contributed by atoms with Crippen LogP contribution in [-0.4, -0.2) is 62.4 Å². The predicted molar refractivity (Wildman–Crippen MR) is 132 cm³/mol. The summed E-state index contributed by atoms with van der Waals surface area (Å²) in [5.41, 5.74) is 3.22. The lowest BCUT2D eigenvalue weighted by Gasteiger charge is -2.29. The molecule has 0 spiro atoms. The van der Waals surface area contributed by atoms with Crippen LogP contribution in [0.5, 0.6) is 5.75 Å². The first-order valence-corrected chi connectivity index (χ1v) is 11.8. The number of allylic oxidation sites excluding steroid dienone is 1. The lowest BCUT2D eigenvalue weighted by atomic mass is 9.93. The minimum absolute atomic E-state index is 0.00450. The summed E-state index contributed by atoms with van der Waals surface area (Å²) in [5.74, 6) is 0.776. The van der Waals surface area contributed by atoms with Gasteiger partial charge in [0.05, 0.1) is 33.5 Å². The molecule has 3 aromatic rings. The van der Waals surface area contributed by atoms with E-state index in [1.54, 1.807) is 7.11 Å². The molecule has 186 valence electrons. The third kappa shape index (κ3) is 6.63. The zero-order valence-corrected chi connectivity index (χ0v) is 19.9. The second kappa shape index (κ2) is 12.4. The van der Waals surface area contributed by atoms with Crippen molar-refractivity contribution in [3.63, 3.8) is 0 Å². The molecule has 0 bridgehead atoms. The number of aliphatic hydroxyl groups is 1. The molecule has 4 rings (SSSR count). The maximum Gasteiger partial charge on any atom is 0.286 e. The van der Waals surface area contributed by atoms with E-state index in [-0.39, 0.29) is 30.8 Å². The van der Waals surface area contributed by atoms with Gasteiger partial charge in [0.2, 0.25) is 6.29 Å². The lowest BCUT2D eigenvalue weighted by Crippen LogP contribution is -2.34. The van der Waals surface area contributed by atoms with E-state index >= 15 is 0 Å². The van der Waals surface area contributed by atoms with Gasteiger partial charge in [-0.1, -0.05) is 30.3 Å². The summed E-state index contributed by atoms with van der Waals surface area (Å²) >= 11 is 0. The Balaban J connectivity index is 1.38. The highest BCUT2D eigenvalue weighted by Gasteiger charge is 2.28. The molecule has 0 fully saturated rings. The number of hydrogen-bond donors (Lipinski definition) is 3. The van der Waals surface area contributed by atoms with Crippen molar-refractivity contribution >= 4 is 16.8 Å². The summed E-state index contributed by atoms with van der Waals surface area (Å²) in [4.78, 5) is 16.2. The molecule has 8 heteroatoms. The van der Waals surface area contributed by atoms with Crippen LogP contribution in [0.2, 0.25) is 0 Å². The van der Waals surface area contributed by atoms with E-state index in [1.807, 2.05) is 60.8 Å². The Hall–Kier alpha value is -3.33. The minimum atomic E-state index is -0.565. The third-order valence-corrected chi connectivity index (χ3v) is 5.93. The van der Waals surface area contributed by atoms with Crippen molar-refractivity contribution in [2.24, 2.45) is 0 Å². The van der Waals surface area contributed by atoms with Crippen LogP contribution in [0.15, 0.2) is 66.6 Å². The van der Waals surface area contributed by atoms with Gasteiger partial charge in [0, 0.05) is 36.0 Å². The second-order valence-corrected chi connectivity index (χ2v) is 8.27. The maximum absolute atomic E-state index is 13.0. The Labute approximate surface area is 204 Å². The fourth-order valence-corrected chi connectivity index (χ4v) is 4.15. The zero-order valence-electron chi connectivity index (χ0n) is 19.9. The van der Waals surface area contributed by atoms with Gasteiger partial charge in [-0.3, -0.25) is 4.79 Å². The normalized spacial score (nSPS) is 17.6. The number of amides is 1. The van der Waals surface area contributed by atoms with E-state index in [1.165, 1.54) is 0 Å². The molecular weight excluding hydrogens is 448 g/mol. The van der Waals surface area contributed by atoms with Gasteiger partial charge in [-0.15, -0.1) is 0 Å². The number of carbonyl (C=O) groups is 1. The van der Waals surface area contributed by atoms with Gasteiger partial charge >= 0.3 is 0 Å². The number of ether oxygens (including phenoxy) is 4. The number of carbonyl (C=O) groups excluding carboxylic acids is 1. The van der Waals surface area contributed by atoms with Gasteiger partial charge in [-0.05, 0) is 41.8 Å². The van der Waals surface area contributed by atoms with E-state index in [0.717, 1.165) is 27.8 Å². The molecule has 1 aliphatic heterocycles. The predicted octanol–water partition coefficient (Wildman–Crippen LogP) is 3.27. The van der Waals surface area contributed by atoms with E-state index in [2.05, 4.69) is 10.3 Å². The number of aliphatic hydroxyl groups excluding tert-OH is 1. The Bertz CT molecular complexity index is 1130. The van der Waals surface area contributed by atoms with Crippen molar-refractivity contribution < 1.29 is 28.8 Å². The SMILES string of the molecule is COc1ccc2[nH]cc(CCNC(=O)C3=C[C@H](c4ccccc4)C[C@H](OCCOCCO)O3)c2c1. The zero-order chi connectivity index (χ0) is 24.5. The van der Waals surface area contributed by atoms with E-state index in [4.69, 9.17) is 24.1 Å². The Morgan fingerprint density at radius 1 is 1.17 bits per heavy atom. The fraction of sp³-hybridized carbons (Fsp3) is 0.370. The quantitative estimate of drug-likeness (QED) is 0.344. The molecular formula is C27H32N2O6. The van der Waals surface area contributed by atoms with Crippen molar-refractivity contribution in [2.45, 2.75) is 25.0 Å². The van der Waals surface area contributed by atoms with Crippen molar-refractivity contribution in [3.8, 4) is 5.75 Å². The number of methoxy groups -OCH3 is 1. The summed E-state index contributed by atoms with van der Waals surface area (Å²) in [5, 5.41) is 12.9. The summed E-state index contributed by atoms with van der Waals surface area (Å²) in [6.07, 6.45) is 4.52. The van der Waals surface area contributed by atoms with Crippen LogP contribution >= 0.6 is 0 Å². The first-order valence-electron chi connectivity index (χ1n) is 11.8. The number of fused-ring (bicyclic) bond motifs is 1. The molecule has 1 aromatic heterocycles.